The van der Waals surface area contributed by atoms with Gasteiger partial charge in [-0.3, -0.25) is 9.59 Å². The second-order valence-corrected chi connectivity index (χ2v) is 10.9. The minimum atomic E-state index is -0.884. The molecule has 1 unspecified atom stereocenters. The number of aromatic nitrogens is 4. The van der Waals surface area contributed by atoms with Crippen molar-refractivity contribution >= 4 is 11.8 Å². The third-order valence-electron chi connectivity index (χ3n) is 8.04. The molecule has 1 atom stereocenters. The molecule has 2 aromatic carbocycles. The first kappa shape index (κ1) is 27.6. The van der Waals surface area contributed by atoms with E-state index < -0.39 is 6.04 Å². The van der Waals surface area contributed by atoms with Crippen molar-refractivity contribution in [3.05, 3.63) is 53.6 Å². The van der Waals surface area contributed by atoms with Gasteiger partial charge in [-0.25, -0.2) is 0 Å². The summed E-state index contributed by atoms with van der Waals surface area (Å²) in [5.41, 5.74) is 2.54. The van der Waals surface area contributed by atoms with Crippen molar-refractivity contribution in [3.8, 4) is 22.9 Å². The Morgan fingerprint density at radius 1 is 1.05 bits per heavy atom. The number of methoxy groups -OCH3 is 1. The summed E-state index contributed by atoms with van der Waals surface area (Å²) in [7, 11) is 1.47. The second-order valence-electron chi connectivity index (χ2n) is 10.9. The van der Waals surface area contributed by atoms with Gasteiger partial charge in [-0.1, -0.05) is 68.0 Å². The van der Waals surface area contributed by atoms with Gasteiger partial charge in [0.1, 0.15) is 12.6 Å². The Hall–Kier alpha value is -3.95. The average Bonchev–Trinajstić information content (AvgIpc) is 3.65. The molecule has 2 aliphatic rings. The first-order valence-electron chi connectivity index (χ1n) is 14.3. The lowest BCUT2D eigenvalue weighted by atomic mass is 9.91. The molecule has 10 nitrogen and oxygen atoms in total. The zero-order valence-electron chi connectivity index (χ0n) is 23.3. The van der Waals surface area contributed by atoms with Gasteiger partial charge in [-0.05, 0) is 55.5 Å². The Balaban J connectivity index is 1.48. The number of hydrogen-bond acceptors (Lipinski definition) is 7. The molecular formula is C30H38N6O4. The van der Waals surface area contributed by atoms with Crippen molar-refractivity contribution in [2.75, 3.05) is 7.11 Å². The Bertz CT molecular complexity index is 1310. The average molecular weight is 547 g/mol. The normalized spacial score (nSPS) is 16.9. The maximum atomic E-state index is 14.1. The Morgan fingerprint density at radius 3 is 2.45 bits per heavy atom. The summed E-state index contributed by atoms with van der Waals surface area (Å²) in [4.78, 5) is 31.1. The number of aromatic hydroxyl groups is 1. The van der Waals surface area contributed by atoms with Crippen molar-refractivity contribution in [1.29, 1.82) is 0 Å². The maximum Gasteiger partial charge on any atom is 0.247 e. The lowest BCUT2D eigenvalue weighted by molar-refractivity contribution is -0.145. The van der Waals surface area contributed by atoms with E-state index in [1.54, 1.807) is 17.0 Å². The van der Waals surface area contributed by atoms with Crippen molar-refractivity contribution in [3.63, 3.8) is 0 Å². The smallest absolute Gasteiger partial charge is 0.247 e. The number of phenols is 1. The number of hydrogen-bond donors (Lipinski definition) is 2. The fourth-order valence-corrected chi connectivity index (χ4v) is 5.90. The molecule has 1 heterocycles. The van der Waals surface area contributed by atoms with Crippen LogP contribution in [0.3, 0.4) is 0 Å². The van der Waals surface area contributed by atoms with Gasteiger partial charge >= 0.3 is 0 Å². The van der Waals surface area contributed by atoms with E-state index in [4.69, 9.17) is 4.74 Å². The quantitative estimate of drug-likeness (QED) is 0.410. The minimum Gasteiger partial charge on any atom is -0.504 e. The number of carbonyl (C=O) groups excluding carboxylic acids is 2. The fraction of sp³-hybridized carbons (Fsp3) is 0.500. The molecule has 2 fully saturated rings. The highest BCUT2D eigenvalue weighted by molar-refractivity contribution is 5.89. The number of rotatable bonds is 9. The molecule has 10 heteroatoms. The highest BCUT2D eigenvalue weighted by atomic mass is 16.5. The van der Waals surface area contributed by atoms with E-state index in [1.807, 2.05) is 31.2 Å². The van der Waals surface area contributed by atoms with Crippen LogP contribution in [-0.2, 0) is 16.1 Å². The van der Waals surface area contributed by atoms with Crippen LogP contribution in [0.1, 0.15) is 75.0 Å². The molecule has 2 aliphatic carbocycles. The molecule has 0 bridgehead atoms. The molecule has 212 valence electrons. The molecule has 5 rings (SSSR count). The molecular weight excluding hydrogens is 508 g/mol. The molecule has 3 aromatic rings. The van der Waals surface area contributed by atoms with E-state index in [0.717, 1.165) is 68.9 Å². The Kier molecular flexibility index (Phi) is 8.62. The van der Waals surface area contributed by atoms with E-state index in [1.165, 1.54) is 18.0 Å². The van der Waals surface area contributed by atoms with Crippen molar-refractivity contribution in [2.45, 2.75) is 89.4 Å². The predicted octanol–water partition coefficient (Wildman–Crippen LogP) is 4.32. The van der Waals surface area contributed by atoms with Gasteiger partial charge in [0.15, 0.2) is 11.5 Å². The van der Waals surface area contributed by atoms with E-state index in [9.17, 15) is 14.7 Å². The number of aryl methyl sites for hydroxylation is 1. The number of nitrogens with zero attached hydrogens (tertiary/aromatic N) is 5. The molecule has 2 saturated carbocycles. The highest BCUT2D eigenvalue weighted by Crippen LogP contribution is 2.36. The van der Waals surface area contributed by atoms with Crippen LogP contribution in [0.2, 0.25) is 0 Å². The summed E-state index contributed by atoms with van der Waals surface area (Å²) in [6, 6.07) is 11.8. The molecule has 2 amide bonds. The monoisotopic (exact) mass is 546 g/mol. The molecule has 0 aliphatic heterocycles. The lowest BCUT2D eigenvalue weighted by Crippen LogP contribution is -2.51. The third-order valence-corrected chi connectivity index (χ3v) is 8.04. The number of nitrogens with one attached hydrogen (secondary N) is 1. The fourth-order valence-electron chi connectivity index (χ4n) is 5.90. The number of carbonyl (C=O) groups is 2. The van der Waals surface area contributed by atoms with Crippen LogP contribution >= 0.6 is 0 Å². The first-order valence-corrected chi connectivity index (χ1v) is 14.3. The van der Waals surface area contributed by atoms with E-state index in [-0.39, 0.29) is 41.9 Å². The molecule has 0 saturated heterocycles. The molecule has 40 heavy (non-hydrogen) atoms. The van der Waals surface area contributed by atoms with Gasteiger partial charge in [0.05, 0.1) is 7.11 Å². The van der Waals surface area contributed by atoms with Crippen LogP contribution < -0.4 is 10.1 Å². The minimum absolute atomic E-state index is 0.0211. The van der Waals surface area contributed by atoms with Gasteiger partial charge in [-0.15, -0.1) is 10.2 Å². The van der Waals surface area contributed by atoms with Gasteiger partial charge in [0, 0.05) is 17.6 Å². The van der Waals surface area contributed by atoms with E-state index >= 15 is 0 Å². The predicted molar refractivity (Wildman–Crippen MR) is 150 cm³/mol. The number of tetrazole rings is 1. The topological polar surface area (TPSA) is 122 Å². The van der Waals surface area contributed by atoms with Gasteiger partial charge in [0.2, 0.25) is 17.6 Å². The second kappa shape index (κ2) is 12.5. The standard InChI is InChI=1S/C30H38N6O4/c1-20-12-14-21(15-13-20)29-32-34-35(33-29)19-27(38)36(24-10-4-3-5-11-24)28(30(39)31-23-8-6-7-9-23)22-16-17-25(37)26(18-22)40-2/h12-18,23-24,28,37H,3-11,19H2,1-2H3,(H,31,39). The van der Waals surface area contributed by atoms with E-state index in [0.29, 0.717) is 11.4 Å². The third kappa shape index (κ3) is 6.26. The molecule has 0 radical (unpaired) electrons. The zero-order chi connectivity index (χ0) is 28.1. The Labute approximate surface area is 234 Å². The van der Waals surface area contributed by atoms with Crippen molar-refractivity contribution in [1.82, 2.24) is 30.4 Å². The number of amides is 2. The van der Waals surface area contributed by atoms with Gasteiger partial charge in [0.25, 0.3) is 0 Å². The summed E-state index contributed by atoms with van der Waals surface area (Å²) in [5.74, 6) is 0.208. The number of phenolic OH excluding ortho intramolecular Hbond substituents is 1. The Morgan fingerprint density at radius 2 is 1.75 bits per heavy atom. The van der Waals surface area contributed by atoms with Gasteiger partial charge in [-0.2, -0.15) is 4.80 Å². The van der Waals surface area contributed by atoms with Crippen molar-refractivity contribution < 1.29 is 19.4 Å². The first-order chi connectivity index (χ1) is 19.4. The summed E-state index contributed by atoms with van der Waals surface area (Å²) in [6.07, 6.45) is 8.73. The highest BCUT2D eigenvalue weighted by Gasteiger charge is 2.38. The zero-order valence-corrected chi connectivity index (χ0v) is 23.3. The molecule has 2 N–H and O–H groups in total. The van der Waals surface area contributed by atoms with Crippen LogP contribution in [0.5, 0.6) is 11.5 Å². The molecule has 0 spiro atoms. The van der Waals surface area contributed by atoms with E-state index in [2.05, 4.69) is 20.7 Å². The SMILES string of the molecule is COc1cc(C(C(=O)NC2CCCC2)N(C(=O)Cn2nnc(-c3ccc(C)cc3)n2)C2CCCCC2)ccc1O. The summed E-state index contributed by atoms with van der Waals surface area (Å²) in [6.45, 7) is 1.87. The number of benzene rings is 2. The van der Waals surface area contributed by atoms with Gasteiger partial charge < -0.3 is 20.1 Å². The lowest BCUT2D eigenvalue weighted by Gasteiger charge is -2.40. The van der Waals surface area contributed by atoms with Crippen LogP contribution in [0.25, 0.3) is 11.4 Å². The van der Waals surface area contributed by atoms with Crippen LogP contribution in [0, 0.1) is 6.92 Å². The maximum absolute atomic E-state index is 14.1. The number of ether oxygens (including phenoxy) is 1. The summed E-state index contributed by atoms with van der Waals surface area (Å²) < 4.78 is 5.36. The van der Waals surface area contributed by atoms with Crippen LogP contribution in [0.15, 0.2) is 42.5 Å². The van der Waals surface area contributed by atoms with Crippen LogP contribution in [-0.4, -0.2) is 61.2 Å². The largest absolute Gasteiger partial charge is 0.504 e. The summed E-state index contributed by atoms with van der Waals surface area (Å²) >= 11 is 0. The van der Waals surface area contributed by atoms with Crippen molar-refractivity contribution in [2.24, 2.45) is 0 Å². The molecule has 1 aromatic heterocycles. The summed E-state index contributed by atoms with van der Waals surface area (Å²) in [5, 5.41) is 26.3. The van der Waals surface area contributed by atoms with Crippen LogP contribution in [0.4, 0.5) is 0 Å².